The van der Waals surface area contributed by atoms with Crippen LogP contribution in [0.4, 0.5) is 0 Å². The van der Waals surface area contributed by atoms with Gasteiger partial charge in [-0.2, -0.15) is 0 Å². The third-order valence-corrected chi connectivity index (χ3v) is 1.72. The molecule has 0 amide bonds. The monoisotopic (exact) mass is 212 g/mol. The summed E-state index contributed by atoms with van der Waals surface area (Å²) in [5.41, 5.74) is 0. The second kappa shape index (κ2) is 5.21. The molecule has 5 heteroatoms. The van der Waals surface area contributed by atoms with E-state index in [1.54, 1.807) is 12.1 Å². The predicted octanol–water partition coefficient (Wildman–Crippen LogP) is 0.601. The number of aliphatic hydroxyl groups excluding tert-OH is 1. The number of ether oxygens (including phenoxy) is 3. The highest BCUT2D eigenvalue weighted by Crippen LogP contribution is 2.31. The topological polar surface area (TPSA) is 65.0 Å². The molecule has 0 bridgehead atoms. The first kappa shape index (κ1) is 11.3. The second-order valence-electron chi connectivity index (χ2n) is 2.65. The molecule has 0 aliphatic heterocycles. The maximum atomic E-state index is 10.9. The number of hydrogen-bond acceptors (Lipinski definition) is 5. The molecule has 0 fully saturated rings. The summed E-state index contributed by atoms with van der Waals surface area (Å²) in [7, 11) is 2.96. The van der Waals surface area contributed by atoms with Gasteiger partial charge in [0.25, 0.3) is 0 Å². The van der Waals surface area contributed by atoms with Gasteiger partial charge in [0.05, 0.1) is 14.2 Å². The van der Waals surface area contributed by atoms with Crippen LogP contribution in [-0.2, 0) is 4.79 Å². The molecule has 1 aromatic carbocycles. The van der Waals surface area contributed by atoms with Gasteiger partial charge in [0, 0.05) is 6.07 Å². The molecule has 15 heavy (non-hydrogen) atoms. The highest BCUT2D eigenvalue weighted by atomic mass is 16.6. The Labute approximate surface area is 87.2 Å². The predicted molar refractivity (Wildman–Crippen MR) is 52.3 cm³/mol. The van der Waals surface area contributed by atoms with Crippen LogP contribution in [0, 0.1) is 0 Å². The summed E-state index contributed by atoms with van der Waals surface area (Å²) in [6.45, 7) is -0.680. The molecular weight excluding hydrogens is 200 g/mol. The standard InChI is InChI=1S/C10H12O5/c1-13-7-3-4-8(14-2)9(5-7)15-10(12)6-11/h3-5,11H,6H2,1-2H3. The van der Waals surface area contributed by atoms with Crippen LogP contribution < -0.4 is 14.2 Å². The number of hydrogen-bond donors (Lipinski definition) is 1. The third kappa shape index (κ3) is 2.85. The Bertz CT molecular complexity index is 348. The van der Waals surface area contributed by atoms with E-state index in [0.717, 1.165) is 0 Å². The van der Waals surface area contributed by atoms with Crippen molar-refractivity contribution in [2.24, 2.45) is 0 Å². The Morgan fingerprint density at radius 3 is 2.53 bits per heavy atom. The SMILES string of the molecule is COc1ccc(OC)c(OC(=O)CO)c1. The molecule has 82 valence electrons. The summed E-state index contributed by atoms with van der Waals surface area (Å²) in [4.78, 5) is 10.9. The molecule has 5 nitrogen and oxygen atoms in total. The van der Waals surface area contributed by atoms with Crippen molar-refractivity contribution in [3.8, 4) is 17.2 Å². The average Bonchev–Trinajstić information content (AvgIpc) is 2.28. The fourth-order valence-corrected chi connectivity index (χ4v) is 1.02. The van der Waals surface area contributed by atoms with Crippen molar-refractivity contribution >= 4 is 5.97 Å². The normalized spacial score (nSPS) is 9.53. The zero-order valence-electron chi connectivity index (χ0n) is 8.52. The zero-order chi connectivity index (χ0) is 11.3. The van der Waals surface area contributed by atoms with E-state index in [1.165, 1.54) is 20.3 Å². The fraction of sp³-hybridized carbons (Fsp3) is 0.300. The minimum absolute atomic E-state index is 0.218. The summed E-state index contributed by atoms with van der Waals surface area (Å²) in [5.74, 6) is 0.409. The lowest BCUT2D eigenvalue weighted by Gasteiger charge is -2.09. The zero-order valence-corrected chi connectivity index (χ0v) is 8.52. The Balaban J connectivity index is 2.95. The van der Waals surface area contributed by atoms with Gasteiger partial charge in [0.2, 0.25) is 0 Å². The number of esters is 1. The highest BCUT2D eigenvalue weighted by molar-refractivity contribution is 5.74. The van der Waals surface area contributed by atoms with Crippen LogP contribution in [-0.4, -0.2) is 31.9 Å². The summed E-state index contributed by atoms with van der Waals surface area (Å²) >= 11 is 0. The molecule has 0 aliphatic carbocycles. The smallest absolute Gasteiger partial charge is 0.337 e. The van der Waals surface area contributed by atoms with Gasteiger partial charge in [-0.05, 0) is 12.1 Å². The molecule has 0 spiro atoms. The van der Waals surface area contributed by atoms with Crippen molar-refractivity contribution in [2.75, 3.05) is 20.8 Å². The minimum atomic E-state index is -0.749. The molecule has 0 unspecified atom stereocenters. The van der Waals surface area contributed by atoms with Gasteiger partial charge in [0.1, 0.15) is 12.4 Å². The summed E-state index contributed by atoms with van der Waals surface area (Å²) in [6.07, 6.45) is 0. The Morgan fingerprint density at radius 1 is 1.27 bits per heavy atom. The number of rotatable bonds is 4. The first-order valence-corrected chi connectivity index (χ1v) is 4.24. The van der Waals surface area contributed by atoms with Gasteiger partial charge >= 0.3 is 5.97 Å². The van der Waals surface area contributed by atoms with E-state index in [1.807, 2.05) is 0 Å². The van der Waals surface area contributed by atoms with Gasteiger partial charge in [-0.25, -0.2) is 4.79 Å². The van der Waals surface area contributed by atoms with Crippen LogP contribution in [0.25, 0.3) is 0 Å². The second-order valence-corrected chi connectivity index (χ2v) is 2.65. The van der Waals surface area contributed by atoms with Crippen LogP contribution in [0.5, 0.6) is 17.2 Å². The van der Waals surface area contributed by atoms with E-state index in [2.05, 4.69) is 0 Å². The number of aliphatic hydroxyl groups is 1. The van der Waals surface area contributed by atoms with Gasteiger partial charge in [0.15, 0.2) is 11.5 Å². The number of carbonyl (C=O) groups excluding carboxylic acids is 1. The molecule has 1 aromatic rings. The molecular formula is C10H12O5. The molecule has 0 heterocycles. The van der Waals surface area contributed by atoms with Gasteiger partial charge in [-0.3, -0.25) is 0 Å². The molecule has 0 saturated heterocycles. The van der Waals surface area contributed by atoms with Gasteiger partial charge in [-0.1, -0.05) is 0 Å². The average molecular weight is 212 g/mol. The van der Waals surface area contributed by atoms with Crippen molar-refractivity contribution in [2.45, 2.75) is 0 Å². The first-order chi connectivity index (χ1) is 7.21. The van der Waals surface area contributed by atoms with Crippen molar-refractivity contribution < 1.29 is 24.1 Å². The van der Waals surface area contributed by atoms with E-state index in [-0.39, 0.29) is 5.75 Å². The third-order valence-electron chi connectivity index (χ3n) is 1.72. The van der Waals surface area contributed by atoms with Crippen LogP contribution in [0.3, 0.4) is 0 Å². The number of benzene rings is 1. The molecule has 0 aromatic heterocycles. The molecule has 1 N–H and O–H groups in total. The van der Waals surface area contributed by atoms with Gasteiger partial charge in [-0.15, -0.1) is 0 Å². The maximum Gasteiger partial charge on any atom is 0.337 e. The molecule has 0 saturated carbocycles. The Kier molecular flexibility index (Phi) is 3.93. The molecule has 0 atom stereocenters. The van der Waals surface area contributed by atoms with Crippen molar-refractivity contribution in [3.63, 3.8) is 0 Å². The van der Waals surface area contributed by atoms with Crippen molar-refractivity contribution in [3.05, 3.63) is 18.2 Å². The van der Waals surface area contributed by atoms with Gasteiger partial charge < -0.3 is 19.3 Å². The van der Waals surface area contributed by atoms with Crippen LogP contribution in [0.2, 0.25) is 0 Å². The Hall–Kier alpha value is -1.75. The summed E-state index contributed by atoms with van der Waals surface area (Å²) < 4.78 is 14.8. The highest BCUT2D eigenvalue weighted by Gasteiger charge is 2.10. The lowest BCUT2D eigenvalue weighted by atomic mass is 10.3. The largest absolute Gasteiger partial charge is 0.497 e. The van der Waals surface area contributed by atoms with E-state index in [4.69, 9.17) is 19.3 Å². The maximum absolute atomic E-state index is 10.9. The molecule has 0 radical (unpaired) electrons. The van der Waals surface area contributed by atoms with E-state index in [9.17, 15) is 4.79 Å². The van der Waals surface area contributed by atoms with Crippen LogP contribution in [0.15, 0.2) is 18.2 Å². The molecule has 0 aliphatic rings. The van der Waals surface area contributed by atoms with Crippen molar-refractivity contribution in [1.29, 1.82) is 0 Å². The van der Waals surface area contributed by atoms with E-state index in [0.29, 0.717) is 11.5 Å². The summed E-state index contributed by atoms with van der Waals surface area (Å²) in [6, 6.07) is 4.79. The van der Waals surface area contributed by atoms with Crippen molar-refractivity contribution in [1.82, 2.24) is 0 Å². The van der Waals surface area contributed by atoms with E-state index >= 15 is 0 Å². The Morgan fingerprint density at radius 2 is 2.00 bits per heavy atom. The fourth-order valence-electron chi connectivity index (χ4n) is 1.02. The minimum Gasteiger partial charge on any atom is -0.497 e. The van der Waals surface area contributed by atoms with E-state index < -0.39 is 12.6 Å². The molecule has 1 rings (SSSR count). The lowest BCUT2D eigenvalue weighted by Crippen LogP contribution is -2.12. The number of carbonyl (C=O) groups is 1. The number of methoxy groups -OCH3 is 2. The quantitative estimate of drug-likeness (QED) is 0.585. The van der Waals surface area contributed by atoms with Crippen LogP contribution in [0.1, 0.15) is 0 Å². The lowest BCUT2D eigenvalue weighted by molar-refractivity contribution is -0.137. The van der Waals surface area contributed by atoms with Crippen LogP contribution >= 0.6 is 0 Å². The first-order valence-electron chi connectivity index (χ1n) is 4.24. The summed E-state index contributed by atoms with van der Waals surface area (Å²) in [5, 5.41) is 8.54.